The van der Waals surface area contributed by atoms with Gasteiger partial charge in [-0.05, 0) is 6.92 Å². The fourth-order valence-corrected chi connectivity index (χ4v) is 3.01. The first kappa shape index (κ1) is 13.7. The zero-order valence-corrected chi connectivity index (χ0v) is 11.8. The van der Waals surface area contributed by atoms with Crippen molar-refractivity contribution in [2.24, 2.45) is 0 Å². The number of nitrogens with one attached hydrogen (secondary N) is 1. The van der Waals surface area contributed by atoms with Gasteiger partial charge < -0.3 is 10.1 Å². The summed E-state index contributed by atoms with van der Waals surface area (Å²) in [6.45, 7) is 5.54. The number of ether oxygens (including phenoxy) is 1. The molecule has 1 fully saturated rings. The van der Waals surface area contributed by atoms with E-state index in [9.17, 15) is 4.79 Å². The van der Waals surface area contributed by atoms with E-state index in [0.717, 1.165) is 26.2 Å². The van der Waals surface area contributed by atoms with E-state index in [1.807, 2.05) is 6.92 Å². The van der Waals surface area contributed by atoms with Crippen LogP contribution in [0.3, 0.4) is 0 Å². The van der Waals surface area contributed by atoms with Crippen LogP contribution in [0.25, 0.3) is 0 Å². The average Bonchev–Trinajstić information content (AvgIpc) is 2.78. The molecule has 0 radical (unpaired) electrons. The fraction of sp³-hybridized carbons (Fsp3) is 0.636. The Morgan fingerprint density at radius 1 is 1.67 bits per heavy atom. The number of hydrogen-bond acceptors (Lipinski definition) is 6. The van der Waals surface area contributed by atoms with Gasteiger partial charge in [-0.2, -0.15) is 0 Å². The minimum Gasteiger partial charge on any atom is -0.464 e. The Balaban J connectivity index is 2.18. The Kier molecular flexibility index (Phi) is 4.94. The van der Waals surface area contributed by atoms with Gasteiger partial charge in [-0.15, -0.1) is 11.3 Å². The molecular weight excluding hydrogens is 274 g/mol. The van der Waals surface area contributed by atoms with Crippen LogP contribution in [0.1, 0.15) is 18.0 Å². The number of rotatable bonds is 4. The smallest absolute Gasteiger partial charge is 0.330 e. The average molecular weight is 290 g/mol. The molecule has 1 aromatic heterocycles. The molecule has 1 unspecified atom stereocenters. The summed E-state index contributed by atoms with van der Waals surface area (Å²) in [4.78, 5) is 18.4. The largest absolute Gasteiger partial charge is 0.464 e. The highest BCUT2D eigenvalue weighted by Crippen LogP contribution is 2.29. The first-order chi connectivity index (χ1) is 8.72. The van der Waals surface area contributed by atoms with Crippen LogP contribution in [-0.4, -0.2) is 48.6 Å². The second-order valence-corrected chi connectivity index (χ2v) is 5.64. The Hall–Kier alpha value is -0.690. The maximum Gasteiger partial charge on any atom is 0.330 e. The van der Waals surface area contributed by atoms with E-state index in [1.165, 1.54) is 11.3 Å². The summed E-state index contributed by atoms with van der Waals surface area (Å²) in [5.41, 5.74) is 0. The van der Waals surface area contributed by atoms with Gasteiger partial charge in [0.05, 0.1) is 12.8 Å². The summed E-state index contributed by atoms with van der Waals surface area (Å²) < 4.78 is 5.74. The third-order valence-electron chi connectivity index (χ3n) is 2.76. The van der Waals surface area contributed by atoms with Gasteiger partial charge in [0.1, 0.15) is 9.34 Å². The SMILES string of the molecule is CCOC(=O)C(c1ncc(Cl)s1)N1CCNCC1. The van der Waals surface area contributed by atoms with Gasteiger partial charge in [0.25, 0.3) is 0 Å². The molecule has 0 amide bonds. The van der Waals surface area contributed by atoms with Crippen LogP contribution in [0.4, 0.5) is 0 Å². The van der Waals surface area contributed by atoms with E-state index in [2.05, 4.69) is 15.2 Å². The monoisotopic (exact) mass is 289 g/mol. The highest BCUT2D eigenvalue weighted by molar-refractivity contribution is 7.16. The lowest BCUT2D eigenvalue weighted by Crippen LogP contribution is -2.47. The van der Waals surface area contributed by atoms with Crippen molar-refractivity contribution in [1.82, 2.24) is 15.2 Å². The van der Waals surface area contributed by atoms with Gasteiger partial charge in [0.15, 0.2) is 6.04 Å². The molecule has 1 N–H and O–H groups in total. The molecular formula is C11H16ClN3O2S. The summed E-state index contributed by atoms with van der Waals surface area (Å²) in [5, 5.41) is 3.97. The van der Waals surface area contributed by atoms with E-state index < -0.39 is 6.04 Å². The van der Waals surface area contributed by atoms with Crippen molar-refractivity contribution in [1.29, 1.82) is 0 Å². The molecule has 1 atom stereocenters. The van der Waals surface area contributed by atoms with Gasteiger partial charge >= 0.3 is 5.97 Å². The topological polar surface area (TPSA) is 54.5 Å². The maximum atomic E-state index is 12.1. The minimum atomic E-state index is -0.426. The molecule has 0 aliphatic carbocycles. The quantitative estimate of drug-likeness (QED) is 0.847. The Morgan fingerprint density at radius 2 is 2.39 bits per heavy atom. The highest BCUT2D eigenvalue weighted by Gasteiger charge is 2.32. The van der Waals surface area contributed by atoms with E-state index in [-0.39, 0.29) is 5.97 Å². The zero-order chi connectivity index (χ0) is 13.0. The predicted molar refractivity (Wildman–Crippen MR) is 70.9 cm³/mol. The number of hydrogen-bond donors (Lipinski definition) is 1. The van der Waals surface area contributed by atoms with Crippen molar-refractivity contribution in [3.05, 3.63) is 15.5 Å². The summed E-state index contributed by atoms with van der Waals surface area (Å²) in [5.74, 6) is -0.245. The van der Waals surface area contributed by atoms with E-state index in [0.29, 0.717) is 16.0 Å². The summed E-state index contributed by atoms with van der Waals surface area (Å²) in [6, 6.07) is -0.426. The van der Waals surface area contributed by atoms with Gasteiger partial charge in [0, 0.05) is 26.2 Å². The lowest BCUT2D eigenvalue weighted by atomic mass is 10.2. The second kappa shape index (κ2) is 6.47. The molecule has 2 heterocycles. The maximum absolute atomic E-state index is 12.1. The van der Waals surface area contributed by atoms with E-state index in [4.69, 9.17) is 16.3 Å². The van der Waals surface area contributed by atoms with Crippen molar-refractivity contribution >= 4 is 28.9 Å². The van der Waals surface area contributed by atoms with Gasteiger partial charge in [-0.1, -0.05) is 11.6 Å². The first-order valence-corrected chi connectivity index (χ1v) is 7.14. The van der Waals surface area contributed by atoms with Crippen molar-refractivity contribution < 1.29 is 9.53 Å². The van der Waals surface area contributed by atoms with Gasteiger partial charge in [-0.25, -0.2) is 9.78 Å². The molecule has 1 aliphatic rings. The number of carbonyl (C=O) groups excluding carboxylic acids is 1. The normalized spacial score (nSPS) is 18.6. The molecule has 0 saturated carbocycles. The van der Waals surface area contributed by atoms with Crippen LogP contribution in [0.2, 0.25) is 4.34 Å². The summed E-state index contributed by atoms with van der Waals surface area (Å²) in [6.07, 6.45) is 1.58. The summed E-state index contributed by atoms with van der Waals surface area (Å²) in [7, 11) is 0. The number of esters is 1. The van der Waals surface area contributed by atoms with Crippen molar-refractivity contribution in [2.75, 3.05) is 32.8 Å². The Labute approximate surface area is 115 Å². The molecule has 100 valence electrons. The molecule has 1 aliphatic heterocycles. The van der Waals surface area contributed by atoms with Crippen molar-refractivity contribution in [2.45, 2.75) is 13.0 Å². The van der Waals surface area contributed by atoms with Crippen molar-refractivity contribution in [3.8, 4) is 0 Å². The number of carbonyl (C=O) groups is 1. The zero-order valence-electron chi connectivity index (χ0n) is 10.2. The summed E-state index contributed by atoms with van der Waals surface area (Å²) >= 11 is 7.23. The third-order valence-corrected chi connectivity index (χ3v) is 3.92. The van der Waals surface area contributed by atoms with E-state index >= 15 is 0 Å². The molecule has 0 bridgehead atoms. The molecule has 2 rings (SSSR count). The van der Waals surface area contributed by atoms with Gasteiger partial charge in [-0.3, -0.25) is 4.90 Å². The Bertz CT molecular complexity index is 407. The molecule has 1 saturated heterocycles. The second-order valence-electron chi connectivity index (χ2n) is 3.94. The Morgan fingerprint density at radius 3 is 2.94 bits per heavy atom. The molecule has 0 spiro atoms. The van der Waals surface area contributed by atoms with Gasteiger partial charge in [0.2, 0.25) is 0 Å². The van der Waals surface area contributed by atoms with Crippen LogP contribution in [0, 0.1) is 0 Å². The highest BCUT2D eigenvalue weighted by atomic mass is 35.5. The fourth-order valence-electron chi connectivity index (χ4n) is 1.96. The third kappa shape index (κ3) is 3.20. The molecule has 18 heavy (non-hydrogen) atoms. The minimum absolute atomic E-state index is 0.245. The van der Waals surface area contributed by atoms with Crippen LogP contribution in [0.5, 0.6) is 0 Å². The van der Waals surface area contributed by atoms with Crippen LogP contribution >= 0.6 is 22.9 Å². The molecule has 1 aromatic rings. The molecule has 7 heteroatoms. The van der Waals surface area contributed by atoms with Crippen LogP contribution < -0.4 is 5.32 Å². The first-order valence-electron chi connectivity index (χ1n) is 5.95. The number of thiazole rings is 1. The number of piperazine rings is 1. The lowest BCUT2D eigenvalue weighted by molar-refractivity contribution is -0.150. The number of aromatic nitrogens is 1. The lowest BCUT2D eigenvalue weighted by Gasteiger charge is -2.32. The number of nitrogens with zero attached hydrogens (tertiary/aromatic N) is 2. The van der Waals surface area contributed by atoms with E-state index in [1.54, 1.807) is 6.20 Å². The number of halogens is 1. The van der Waals surface area contributed by atoms with Crippen LogP contribution in [0.15, 0.2) is 6.20 Å². The van der Waals surface area contributed by atoms with Crippen molar-refractivity contribution in [3.63, 3.8) is 0 Å². The predicted octanol–water partition coefficient (Wildman–Crippen LogP) is 1.31. The van der Waals surface area contributed by atoms with Crippen LogP contribution in [-0.2, 0) is 9.53 Å². The standard InChI is InChI=1S/C11H16ClN3O2S/c1-2-17-11(16)9(10-14-7-8(12)18-10)15-5-3-13-4-6-15/h7,9,13H,2-6H2,1H3. The molecule has 0 aromatic carbocycles. The molecule has 5 nitrogen and oxygen atoms in total.